The number of rotatable bonds is 4. The Hall–Kier alpha value is -3.65. The lowest BCUT2D eigenvalue weighted by Gasteiger charge is -2.10. The topological polar surface area (TPSA) is 50.8 Å². The largest absolute Gasteiger partial charge is 0.494 e. The maximum Gasteiger partial charge on any atom is 0.146 e. The van der Waals surface area contributed by atoms with E-state index in [0.717, 1.165) is 11.1 Å². The molecule has 0 unspecified atom stereocenters. The molecular weight excluding hydrogens is 341 g/mol. The van der Waals surface area contributed by atoms with E-state index in [1.807, 2.05) is 34.9 Å². The third kappa shape index (κ3) is 3.02. The lowest BCUT2D eigenvalue weighted by atomic mass is 10.1. The second-order valence-corrected chi connectivity index (χ2v) is 6.14. The van der Waals surface area contributed by atoms with Gasteiger partial charge in [-0.25, -0.2) is 9.37 Å². The van der Waals surface area contributed by atoms with E-state index in [2.05, 4.69) is 6.07 Å². The summed E-state index contributed by atoms with van der Waals surface area (Å²) in [5.74, 6) is 0.855. The zero-order valence-electron chi connectivity index (χ0n) is 14.7. The molecule has 3 aromatic carbocycles. The van der Waals surface area contributed by atoms with Crippen molar-refractivity contribution in [2.45, 2.75) is 6.54 Å². The first-order chi connectivity index (χ1) is 13.2. The van der Waals surface area contributed by atoms with Crippen LogP contribution in [0.2, 0.25) is 0 Å². The molecule has 132 valence electrons. The SMILES string of the molecule is COc1cccc2c1nc(-c1ccccc1F)n2Cc1ccc(C#N)cc1. The van der Waals surface area contributed by atoms with Gasteiger partial charge in [-0.15, -0.1) is 0 Å². The van der Waals surface area contributed by atoms with E-state index in [-0.39, 0.29) is 5.82 Å². The molecule has 4 nitrogen and oxygen atoms in total. The minimum Gasteiger partial charge on any atom is -0.494 e. The second-order valence-electron chi connectivity index (χ2n) is 6.14. The molecule has 4 aromatic rings. The molecule has 0 N–H and O–H groups in total. The molecule has 0 aliphatic heterocycles. The van der Waals surface area contributed by atoms with Gasteiger partial charge in [0.25, 0.3) is 0 Å². The smallest absolute Gasteiger partial charge is 0.146 e. The second kappa shape index (κ2) is 6.93. The molecule has 0 bridgehead atoms. The fourth-order valence-corrected chi connectivity index (χ4v) is 3.16. The van der Waals surface area contributed by atoms with Crippen LogP contribution in [-0.4, -0.2) is 16.7 Å². The number of nitriles is 1. The van der Waals surface area contributed by atoms with E-state index >= 15 is 0 Å². The minimum absolute atomic E-state index is 0.326. The van der Waals surface area contributed by atoms with Crippen molar-refractivity contribution < 1.29 is 9.13 Å². The van der Waals surface area contributed by atoms with Crippen LogP contribution in [0.1, 0.15) is 11.1 Å². The molecule has 0 atom stereocenters. The highest BCUT2D eigenvalue weighted by Gasteiger charge is 2.18. The van der Waals surface area contributed by atoms with Gasteiger partial charge in [0.1, 0.15) is 22.9 Å². The molecule has 1 aromatic heterocycles. The summed E-state index contributed by atoms with van der Waals surface area (Å²) < 4.78 is 21.9. The molecule has 0 aliphatic carbocycles. The number of fused-ring (bicyclic) bond motifs is 1. The maximum absolute atomic E-state index is 14.5. The third-order valence-corrected chi connectivity index (χ3v) is 4.50. The summed E-state index contributed by atoms with van der Waals surface area (Å²) in [6.07, 6.45) is 0. The first-order valence-corrected chi connectivity index (χ1v) is 8.48. The predicted molar refractivity (Wildman–Crippen MR) is 102 cm³/mol. The van der Waals surface area contributed by atoms with Gasteiger partial charge in [0, 0.05) is 6.54 Å². The van der Waals surface area contributed by atoms with Gasteiger partial charge in [-0.3, -0.25) is 0 Å². The van der Waals surface area contributed by atoms with Crippen molar-refractivity contribution in [1.29, 1.82) is 5.26 Å². The first kappa shape index (κ1) is 16.8. The fourth-order valence-electron chi connectivity index (χ4n) is 3.16. The Morgan fingerprint density at radius 3 is 2.52 bits per heavy atom. The highest BCUT2D eigenvalue weighted by atomic mass is 19.1. The average molecular weight is 357 g/mol. The van der Waals surface area contributed by atoms with Crippen LogP contribution >= 0.6 is 0 Å². The van der Waals surface area contributed by atoms with Gasteiger partial charge in [0.2, 0.25) is 0 Å². The number of hydrogen-bond donors (Lipinski definition) is 0. The van der Waals surface area contributed by atoms with E-state index in [9.17, 15) is 4.39 Å². The lowest BCUT2D eigenvalue weighted by Crippen LogP contribution is -2.03. The highest BCUT2D eigenvalue weighted by Crippen LogP contribution is 2.32. The van der Waals surface area contributed by atoms with E-state index < -0.39 is 0 Å². The van der Waals surface area contributed by atoms with Crippen molar-refractivity contribution in [2.75, 3.05) is 7.11 Å². The minimum atomic E-state index is -0.326. The number of ether oxygens (including phenoxy) is 1. The van der Waals surface area contributed by atoms with Crippen LogP contribution < -0.4 is 4.74 Å². The molecule has 0 fully saturated rings. The third-order valence-electron chi connectivity index (χ3n) is 4.50. The highest BCUT2D eigenvalue weighted by molar-refractivity contribution is 5.86. The van der Waals surface area contributed by atoms with Gasteiger partial charge < -0.3 is 9.30 Å². The van der Waals surface area contributed by atoms with Crippen LogP contribution in [0.3, 0.4) is 0 Å². The van der Waals surface area contributed by atoms with Gasteiger partial charge in [0.05, 0.1) is 29.8 Å². The van der Waals surface area contributed by atoms with E-state index in [1.54, 1.807) is 37.4 Å². The lowest BCUT2D eigenvalue weighted by molar-refractivity contribution is 0.419. The number of halogens is 1. The summed E-state index contributed by atoms with van der Waals surface area (Å²) in [4.78, 5) is 4.69. The van der Waals surface area contributed by atoms with Crippen molar-refractivity contribution in [3.63, 3.8) is 0 Å². The zero-order chi connectivity index (χ0) is 18.8. The molecule has 0 saturated carbocycles. The van der Waals surface area contributed by atoms with Gasteiger partial charge in [-0.05, 0) is 42.0 Å². The molecule has 4 rings (SSSR count). The Morgan fingerprint density at radius 1 is 1.04 bits per heavy atom. The molecule has 0 radical (unpaired) electrons. The normalized spacial score (nSPS) is 10.7. The standard InChI is InChI=1S/C22H16FN3O/c1-27-20-8-4-7-19-21(20)25-22(17-5-2-3-6-18(17)23)26(19)14-16-11-9-15(13-24)10-12-16/h2-12H,14H2,1H3. The molecule has 0 amide bonds. The Labute approximate surface area is 156 Å². The summed E-state index contributed by atoms with van der Waals surface area (Å²) in [6.45, 7) is 0.499. The Morgan fingerprint density at radius 2 is 1.81 bits per heavy atom. The number of aromatic nitrogens is 2. The number of methoxy groups -OCH3 is 1. The molecule has 27 heavy (non-hydrogen) atoms. The Bertz CT molecular complexity index is 1160. The van der Waals surface area contributed by atoms with Crippen LogP contribution in [0.25, 0.3) is 22.4 Å². The van der Waals surface area contributed by atoms with Crippen LogP contribution in [0.4, 0.5) is 4.39 Å². The number of hydrogen-bond acceptors (Lipinski definition) is 3. The number of imidazole rings is 1. The first-order valence-electron chi connectivity index (χ1n) is 8.48. The van der Waals surface area contributed by atoms with Gasteiger partial charge in [-0.2, -0.15) is 5.26 Å². The van der Waals surface area contributed by atoms with Crippen molar-refractivity contribution in [3.8, 4) is 23.2 Å². The van der Waals surface area contributed by atoms with Gasteiger partial charge in [0.15, 0.2) is 0 Å². The van der Waals surface area contributed by atoms with Crippen molar-refractivity contribution in [2.24, 2.45) is 0 Å². The van der Waals surface area contributed by atoms with Crippen LogP contribution in [0.15, 0.2) is 66.7 Å². The summed E-state index contributed by atoms with van der Waals surface area (Å²) in [5, 5.41) is 8.99. The monoisotopic (exact) mass is 357 g/mol. The summed E-state index contributed by atoms with van der Waals surface area (Å²) >= 11 is 0. The molecule has 0 spiro atoms. The van der Waals surface area contributed by atoms with Crippen molar-refractivity contribution in [3.05, 3.63) is 83.7 Å². The van der Waals surface area contributed by atoms with Crippen molar-refractivity contribution in [1.82, 2.24) is 9.55 Å². The zero-order valence-corrected chi connectivity index (χ0v) is 14.7. The Kier molecular flexibility index (Phi) is 4.31. The predicted octanol–water partition coefficient (Wildman–Crippen LogP) is 4.77. The van der Waals surface area contributed by atoms with Crippen LogP contribution in [0, 0.1) is 17.1 Å². The fraction of sp³-hybridized carbons (Fsp3) is 0.0909. The number of para-hydroxylation sites is 1. The van der Waals surface area contributed by atoms with E-state index in [4.69, 9.17) is 15.0 Å². The van der Waals surface area contributed by atoms with E-state index in [0.29, 0.717) is 34.8 Å². The van der Waals surface area contributed by atoms with Crippen LogP contribution in [-0.2, 0) is 6.54 Å². The maximum atomic E-state index is 14.5. The molecular formula is C22H16FN3O. The number of nitrogens with zero attached hydrogens (tertiary/aromatic N) is 3. The molecule has 0 aliphatic rings. The summed E-state index contributed by atoms with van der Waals surface area (Å²) in [5.41, 5.74) is 3.58. The number of benzene rings is 3. The van der Waals surface area contributed by atoms with Gasteiger partial charge >= 0.3 is 0 Å². The van der Waals surface area contributed by atoms with Crippen LogP contribution in [0.5, 0.6) is 5.75 Å². The summed E-state index contributed by atoms with van der Waals surface area (Å²) in [7, 11) is 1.59. The molecule has 1 heterocycles. The average Bonchev–Trinajstić information content (AvgIpc) is 3.07. The van der Waals surface area contributed by atoms with Gasteiger partial charge in [-0.1, -0.05) is 30.3 Å². The molecule has 0 saturated heterocycles. The van der Waals surface area contributed by atoms with E-state index in [1.165, 1.54) is 6.07 Å². The Balaban J connectivity index is 1.92. The molecule has 5 heteroatoms. The summed E-state index contributed by atoms with van der Waals surface area (Å²) in [6, 6.07) is 21.7. The quantitative estimate of drug-likeness (QED) is 0.529. The van der Waals surface area contributed by atoms with Crippen molar-refractivity contribution >= 4 is 11.0 Å².